The van der Waals surface area contributed by atoms with Crippen LogP contribution in [0.4, 0.5) is 0 Å². The number of H-pyrrole nitrogens is 1. The van der Waals surface area contributed by atoms with Gasteiger partial charge in [-0.2, -0.15) is 0 Å². The fourth-order valence-corrected chi connectivity index (χ4v) is 1.31. The molecule has 0 unspecified atom stereocenters. The average molecular weight is 203 g/mol. The summed E-state index contributed by atoms with van der Waals surface area (Å²) in [5.41, 5.74) is 7.35. The molecule has 2 aromatic rings. The lowest BCUT2D eigenvalue weighted by molar-refractivity contribution is 1.26. The highest BCUT2D eigenvalue weighted by Crippen LogP contribution is 2.15. The molecule has 0 saturated carbocycles. The van der Waals surface area contributed by atoms with Gasteiger partial charge in [-0.1, -0.05) is 42.5 Å². The summed E-state index contributed by atoms with van der Waals surface area (Å²) in [4.78, 5) is 7.47. The third-order valence-electron chi connectivity index (χ3n) is 1.88. The summed E-state index contributed by atoms with van der Waals surface area (Å²) in [5, 5.41) is 0. The molecule has 0 spiro atoms. The van der Waals surface area contributed by atoms with E-state index in [4.69, 9.17) is 18.0 Å². The molecule has 0 aliphatic carbocycles. The zero-order valence-corrected chi connectivity index (χ0v) is 8.21. The maximum atomic E-state index is 5.44. The van der Waals surface area contributed by atoms with E-state index in [2.05, 4.69) is 9.97 Å². The van der Waals surface area contributed by atoms with E-state index in [9.17, 15) is 0 Å². The SMILES string of the molecule is NC(=S)c1nc(-c2ccccc2)c[nH]1. The van der Waals surface area contributed by atoms with Gasteiger partial charge in [-0.25, -0.2) is 4.98 Å². The number of hydrogen-bond acceptors (Lipinski definition) is 2. The molecule has 0 radical (unpaired) electrons. The van der Waals surface area contributed by atoms with E-state index in [0.717, 1.165) is 11.3 Å². The smallest absolute Gasteiger partial charge is 0.165 e. The number of nitrogens with one attached hydrogen (secondary N) is 1. The van der Waals surface area contributed by atoms with Gasteiger partial charge in [-0.3, -0.25) is 0 Å². The summed E-state index contributed by atoms with van der Waals surface area (Å²) in [7, 11) is 0. The van der Waals surface area contributed by atoms with Crippen molar-refractivity contribution in [2.75, 3.05) is 0 Å². The molecule has 0 amide bonds. The minimum absolute atomic E-state index is 0.284. The van der Waals surface area contributed by atoms with Gasteiger partial charge in [0, 0.05) is 11.8 Å². The van der Waals surface area contributed by atoms with Gasteiger partial charge in [0.15, 0.2) is 5.82 Å². The van der Waals surface area contributed by atoms with Gasteiger partial charge in [0.05, 0.1) is 5.69 Å². The first-order valence-corrected chi connectivity index (χ1v) is 4.59. The first-order valence-electron chi connectivity index (χ1n) is 4.18. The molecule has 14 heavy (non-hydrogen) atoms. The normalized spacial score (nSPS) is 10.0. The average Bonchev–Trinajstić information content (AvgIpc) is 2.68. The number of thiocarbonyl (C=S) groups is 1. The number of rotatable bonds is 2. The van der Waals surface area contributed by atoms with Crippen molar-refractivity contribution in [1.29, 1.82) is 0 Å². The van der Waals surface area contributed by atoms with Crippen molar-refractivity contribution in [2.45, 2.75) is 0 Å². The topological polar surface area (TPSA) is 54.7 Å². The summed E-state index contributed by atoms with van der Waals surface area (Å²) in [6.45, 7) is 0. The molecule has 0 bridgehead atoms. The third kappa shape index (κ3) is 1.65. The molecule has 0 atom stereocenters. The maximum Gasteiger partial charge on any atom is 0.165 e. The number of hydrogen-bond donors (Lipinski definition) is 2. The van der Waals surface area contributed by atoms with Crippen molar-refractivity contribution in [2.24, 2.45) is 5.73 Å². The Morgan fingerprint density at radius 1 is 1.29 bits per heavy atom. The minimum Gasteiger partial charge on any atom is -0.387 e. The van der Waals surface area contributed by atoms with Crippen LogP contribution in [0, 0.1) is 0 Å². The highest BCUT2D eigenvalue weighted by molar-refractivity contribution is 7.80. The fourth-order valence-electron chi connectivity index (χ4n) is 1.20. The molecule has 4 heteroatoms. The van der Waals surface area contributed by atoms with E-state index in [1.807, 2.05) is 30.3 Å². The summed E-state index contributed by atoms with van der Waals surface area (Å²) < 4.78 is 0. The van der Waals surface area contributed by atoms with Gasteiger partial charge < -0.3 is 10.7 Å². The van der Waals surface area contributed by atoms with Crippen LogP contribution in [0.5, 0.6) is 0 Å². The Bertz CT molecular complexity index is 447. The van der Waals surface area contributed by atoms with Crippen molar-refractivity contribution < 1.29 is 0 Å². The van der Waals surface area contributed by atoms with Crippen LogP contribution in [-0.2, 0) is 0 Å². The van der Waals surface area contributed by atoms with Crippen LogP contribution in [0.3, 0.4) is 0 Å². The summed E-state index contributed by atoms with van der Waals surface area (Å²) in [6.07, 6.45) is 1.80. The van der Waals surface area contributed by atoms with Crippen LogP contribution >= 0.6 is 12.2 Å². The Balaban J connectivity index is 2.39. The number of aromatic amines is 1. The van der Waals surface area contributed by atoms with Crippen LogP contribution in [0.15, 0.2) is 36.5 Å². The van der Waals surface area contributed by atoms with Crippen LogP contribution < -0.4 is 5.73 Å². The van der Waals surface area contributed by atoms with Crippen molar-refractivity contribution in [3.8, 4) is 11.3 Å². The van der Waals surface area contributed by atoms with Gasteiger partial charge >= 0.3 is 0 Å². The molecule has 0 saturated heterocycles. The molecule has 70 valence electrons. The Labute approximate surface area is 87.0 Å². The molecule has 2 rings (SSSR count). The first kappa shape index (κ1) is 8.90. The number of imidazole rings is 1. The minimum atomic E-state index is 0.284. The molecular formula is C10H9N3S. The monoisotopic (exact) mass is 203 g/mol. The largest absolute Gasteiger partial charge is 0.387 e. The fraction of sp³-hybridized carbons (Fsp3) is 0. The van der Waals surface area contributed by atoms with Crippen LogP contribution in [0.2, 0.25) is 0 Å². The highest BCUT2D eigenvalue weighted by atomic mass is 32.1. The van der Waals surface area contributed by atoms with Crippen molar-refractivity contribution >= 4 is 17.2 Å². The molecule has 0 fully saturated rings. The van der Waals surface area contributed by atoms with Crippen molar-refractivity contribution in [3.63, 3.8) is 0 Å². The summed E-state index contributed by atoms with van der Waals surface area (Å²) in [5.74, 6) is 0.554. The lowest BCUT2D eigenvalue weighted by Crippen LogP contribution is -2.11. The van der Waals surface area contributed by atoms with Crippen molar-refractivity contribution in [1.82, 2.24) is 9.97 Å². The van der Waals surface area contributed by atoms with Gasteiger partial charge in [0.1, 0.15) is 4.99 Å². The zero-order valence-electron chi connectivity index (χ0n) is 7.40. The molecule has 1 heterocycles. The van der Waals surface area contributed by atoms with E-state index in [1.165, 1.54) is 0 Å². The van der Waals surface area contributed by atoms with Gasteiger partial charge in [0.25, 0.3) is 0 Å². The molecule has 1 aromatic carbocycles. The van der Waals surface area contributed by atoms with Gasteiger partial charge in [0.2, 0.25) is 0 Å². The molecule has 1 aromatic heterocycles. The number of nitrogens with zero attached hydrogens (tertiary/aromatic N) is 1. The first-order chi connectivity index (χ1) is 6.77. The van der Waals surface area contributed by atoms with E-state index in [1.54, 1.807) is 6.20 Å². The lowest BCUT2D eigenvalue weighted by atomic mass is 10.2. The number of nitrogens with two attached hydrogens (primary N) is 1. The van der Waals surface area contributed by atoms with Crippen molar-refractivity contribution in [3.05, 3.63) is 42.4 Å². The molecule has 0 aliphatic heterocycles. The highest BCUT2D eigenvalue weighted by Gasteiger charge is 2.04. The predicted octanol–water partition coefficient (Wildman–Crippen LogP) is 1.71. The quantitative estimate of drug-likeness (QED) is 0.730. The third-order valence-corrected chi connectivity index (χ3v) is 2.07. The van der Waals surface area contributed by atoms with E-state index in [-0.39, 0.29) is 4.99 Å². The maximum absolute atomic E-state index is 5.44. The second-order valence-electron chi connectivity index (χ2n) is 2.86. The Morgan fingerprint density at radius 3 is 2.57 bits per heavy atom. The van der Waals surface area contributed by atoms with Crippen LogP contribution in [0.25, 0.3) is 11.3 Å². The lowest BCUT2D eigenvalue weighted by Gasteiger charge is -1.93. The molecular weight excluding hydrogens is 194 g/mol. The predicted molar refractivity (Wildman–Crippen MR) is 59.9 cm³/mol. The summed E-state index contributed by atoms with van der Waals surface area (Å²) >= 11 is 4.81. The second kappa shape index (κ2) is 3.59. The van der Waals surface area contributed by atoms with E-state index < -0.39 is 0 Å². The van der Waals surface area contributed by atoms with E-state index in [0.29, 0.717) is 5.82 Å². The standard InChI is InChI=1S/C10H9N3S/c11-9(14)10-12-6-8(13-10)7-4-2-1-3-5-7/h1-6H,(H2,11,14)(H,12,13). The van der Waals surface area contributed by atoms with Gasteiger partial charge in [-0.05, 0) is 0 Å². The summed E-state index contributed by atoms with van der Waals surface area (Å²) in [6, 6.07) is 9.86. The number of aromatic nitrogens is 2. The Kier molecular flexibility index (Phi) is 2.28. The Morgan fingerprint density at radius 2 is 2.00 bits per heavy atom. The van der Waals surface area contributed by atoms with E-state index >= 15 is 0 Å². The number of benzene rings is 1. The van der Waals surface area contributed by atoms with Crippen LogP contribution in [0.1, 0.15) is 5.82 Å². The Hall–Kier alpha value is -1.68. The second-order valence-corrected chi connectivity index (χ2v) is 3.30. The zero-order chi connectivity index (χ0) is 9.97. The van der Waals surface area contributed by atoms with Crippen LogP contribution in [-0.4, -0.2) is 15.0 Å². The molecule has 3 N–H and O–H groups in total. The van der Waals surface area contributed by atoms with Gasteiger partial charge in [-0.15, -0.1) is 0 Å². The molecule has 3 nitrogen and oxygen atoms in total. The molecule has 0 aliphatic rings.